The molecular weight excluding hydrogens is 393 g/mol. The van der Waals surface area contributed by atoms with Crippen molar-refractivity contribution in [1.82, 2.24) is 15.5 Å². The molecule has 1 amide bonds. The third kappa shape index (κ3) is 4.57. The van der Waals surface area contributed by atoms with Gasteiger partial charge in [-0.2, -0.15) is 18.2 Å². The molecule has 0 spiro atoms. The molecule has 1 heterocycles. The second-order valence-electron chi connectivity index (χ2n) is 6.03. The minimum absolute atomic E-state index is 0.0416. The number of hydrogen-bond donors (Lipinski definition) is 1. The molecule has 11 heteroatoms. The second kappa shape index (κ2) is 7.70. The Labute approximate surface area is 161 Å². The largest absolute Gasteiger partial charge is 0.416 e. The van der Waals surface area contributed by atoms with E-state index in [-0.39, 0.29) is 23.0 Å². The monoisotopic (exact) mass is 406 g/mol. The third-order valence-electron chi connectivity index (χ3n) is 3.97. The number of carbonyl (C=O) groups excluding carboxylic acids is 1. The van der Waals surface area contributed by atoms with Gasteiger partial charge in [0.1, 0.15) is 6.04 Å². The number of aromatic nitrogens is 2. The molecule has 29 heavy (non-hydrogen) atoms. The Morgan fingerprint density at radius 3 is 2.31 bits per heavy atom. The van der Waals surface area contributed by atoms with Crippen LogP contribution in [0.25, 0.3) is 11.4 Å². The number of benzene rings is 2. The molecule has 150 valence electrons. The highest BCUT2D eigenvalue weighted by Gasteiger charge is 2.30. The van der Waals surface area contributed by atoms with Crippen molar-refractivity contribution in [3.63, 3.8) is 0 Å². The summed E-state index contributed by atoms with van der Waals surface area (Å²) in [5, 5.41) is 17.0. The van der Waals surface area contributed by atoms with Crippen molar-refractivity contribution >= 4 is 11.6 Å². The predicted octanol–water partition coefficient (Wildman–Crippen LogP) is 4.15. The molecule has 8 nitrogen and oxygen atoms in total. The minimum Gasteiger partial charge on any atom is -0.341 e. The van der Waals surface area contributed by atoms with Crippen LogP contribution in [0, 0.1) is 10.1 Å². The fourth-order valence-corrected chi connectivity index (χ4v) is 2.41. The van der Waals surface area contributed by atoms with Gasteiger partial charge in [-0.25, -0.2) is 0 Å². The average Bonchev–Trinajstić information content (AvgIpc) is 3.18. The fraction of sp³-hybridized carbons (Fsp3) is 0.167. The molecule has 2 aromatic carbocycles. The van der Waals surface area contributed by atoms with Gasteiger partial charge in [0.25, 0.3) is 11.6 Å². The Morgan fingerprint density at radius 2 is 1.76 bits per heavy atom. The lowest BCUT2D eigenvalue weighted by molar-refractivity contribution is -0.384. The standard InChI is InChI=1S/C18H13F3N4O4/c1-10(22-16(26)12-2-6-13(7-3-12)18(19,20)21)17-23-15(24-29-17)11-4-8-14(9-5-11)25(27)28/h2-10H,1H3,(H,22,26)/t10-/m0/s1. The first kappa shape index (κ1) is 20.0. The van der Waals surface area contributed by atoms with Crippen LogP contribution in [0.15, 0.2) is 53.1 Å². The van der Waals surface area contributed by atoms with E-state index in [4.69, 9.17) is 4.52 Å². The van der Waals surface area contributed by atoms with Gasteiger partial charge in [-0.05, 0) is 43.3 Å². The summed E-state index contributed by atoms with van der Waals surface area (Å²) in [6.07, 6.45) is -4.49. The van der Waals surface area contributed by atoms with Crippen LogP contribution in [-0.4, -0.2) is 21.0 Å². The zero-order valence-corrected chi connectivity index (χ0v) is 14.8. The summed E-state index contributed by atoms with van der Waals surface area (Å²) in [7, 11) is 0. The van der Waals surface area contributed by atoms with Gasteiger partial charge < -0.3 is 9.84 Å². The van der Waals surface area contributed by atoms with Gasteiger partial charge in [-0.1, -0.05) is 5.16 Å². The van der Waals surface area contributed by atoms with E-state index >= 15 is 0 Å². The lowest BCUT2D eigenvalue weighted by Crippen LogP contribution is -2.26. The Kier molecular flexibility index (Phi) is 5.31. The van der Waals surface area contributed by atoms with E-state index in [1.165, 1.54) is 24.3 Å². The van der Waals surface area contributed by atoms with E-state index in [1.807, 2.05) is 0 Å². The van der Waals surface area contributed by atoms with Crippen LogP contribution in [0.4, 0.5) is 18.9 Å². The number of nitrogens with one attached hydrogen (secondary N) is 1. The first-order valence-corrected chi connectivity index (χ1v) is 8.21. The Bertz CT molecular complexity index is 1030. The minimum atomic E-state index is -4.49. The van der Waals surface area contributed by atoms with Crippen LogP contribution in [-0.2, 0) is 6.18 Å². The van der Waals surface area contributed by atoms with E-state index in [0.717, 1.165) is 24.3 Å². The lowest BCUT2D eigenvalue weighted by Gasteiger charge is -2.11. The number of alkyl halides is 3. The maximum Gasteiger partial charge on any atom is 0.416 e. The smallest absolute Gasteiger partial charge is 0.341 e. The molecule has 3 aromatic rings. The Hall–Kier alpha value is -3.76. The van der Waals surface area contributed by atoms with Crippen LogP contribution in [0.3, 0.4) is 0 Å². The molecule has 0 bridgehead atoms. The van der Waals surface area contributed by atoms with Crippen LogP contribution in [0.1, 0.15) is 34.8 Å². The van der Waals surface area contributed by atoms with Crippen LogP contribution < -0.4 is 5.32 Å². The fourth-order valence-electron chi connectivity index (χ4n) is 2.41. The molecule has 0 aliphatic heterocycles. The molecule has 1 atom stereocenters. The number of nitrogens with zero attached hydrogens (tertiary/aromatic N) is 3. The summed E-state index contributed by atoms with van der Waals surface area (Å²) in [6, 6.07) is 8.56. The van der Waals surface area contributed by atoms with E-state index in [0.29, 0.717) is 5.56 Å². The molecule has 0 unspecified atom stereocenters. The maximum absolute atomic E-state index is 12.6. The molecule has 1 aromatic heterocycles. The highest BCUT2D eigenvalue weighted by atomic mass is 19.4. The van der Waals surface area contributed by atoms with Gasteiger partial charge in [0.15, 0.2) is 0 Å². The average molecular weight is 406 g/mol. The van der Waals surface area contributed by atoms with Crippen molar-refractivity contribution in [1.29, 1.82) is 0 Å². The second-order valence-corrected chi connectivity index (χ2v) is 6.03. The topological polar surface area (TPSA) is 111 Å². The van der Waals surface area contributed by atoms with Crippen molar-refractivity contribution in [3.8, 4) is 11.4 Å². The summed E-state index contributed by atoms with van der Waals surface area (Å²) in [5.74, 6) is -0.370. The number of nitro benzene ring substituents is 1. The molecular formula is C18H13F3N4O4. The molecule has 3 rings (SSSR count). The lowest BCUT2D eigenvalue weighted by atomic mass is 10.1. The van der Waals surface area contributed by atoms with E-state index < -0.39 is 28.6 Å². The molecule has 0 aliphatic rings. The van der Waals surface area contributed by atoms with Gasteiger partial charge >= 0.3 is 6.18 Å². The first-order chi connectivity index (χ1) is 13.6. The molecule has 0 saturated heterocycles. The van der Waals surface area contributed by atoms with Crippen molar-refractivity contribution < 1.29 is 27.4 Å². The van der Waals surface area contributed by atoms with Gasteiger partial charge in [-0.3, -0.25) is 14.9 Å². The van der Waals surface area contributed by atoms with E-state index in [9.17, 15) is 28.1 Å². The number of rotatable bonds is 5. The number of carbonyl (C=O) groups is 1. The predicted molar refractivity (Wildman–Crippen MR) is 93.7 cm³/mol. The van der Waals surface area contributed by atoms with Crippen molar-refractivity contribution in [2.24, 2.45) is 0 Å². The van der Waals surface area contributed by atoms with E-state index in [1.54, 1.807) is 6.92 Å². The molecule has 0 saturated carbocycles. The zero-order chi connectivity index (χ0) is 21.2. The number of amides is 1. The highest BCUT2D eigenvalue weighted by molar-refractivity contribution is 5.94. The van der Waals surface area contributed by atoms with Gasteiger partial charge in [0, 0.05) is 23.3 Å². The molecule has 0 radical (unpaired) electrons. The van der Waals surface area contributed by atoms with Crippen molar-refractivity contribution in [2.45, 2.75) is 19.1 Å². The number of hydrogen-bond acceptors (Lipinski definition) is 6. The van der Waals surface area contributed by atoms with Crippen molar-refractivity contribution in [3.05, 3.63) is 75.7 Å². The number of nitro groups is 1. The quantitative estimate of drug-likeness (QED) is 0.503. The summed E-state index contributed by atoms with van der Waals surface area (Å²) >= 11 is 0. The summed E-state index contributed by atoms with van der Waals surface area (Å²) in [6.45, 7) is 1.56. The molecule has 1 N–H and O–H groups in total. The summed E-state index contributed by atoms with van der Waals surface area (Å²) < 4.78 is 42.9. The summed E-state index contributed by atoms with van der Waals surface area (Å²) in [4.78, 5) is 26.5. The van der Waals surface area contributed by atoms with Gasteiger partial charge in [0.05, 0.1) is 10.5 Å². The van der Waals surface area contributed by atoms with Crippen LogP contribution in [0.5, 0.6) is 0 Å². The molecule has 0 fully saturated rings. The van der Waals surface area contributed by atoms with E-state index in [2.05, 4.69) is 15.5 Å². The van der Waals surface area contributed by atoms with Gasteiger partial charge in [0.2, 0.25) is 11.7 Å². The SMILES string of the molecule is C[C@H](NC(=O)c1ccc(C(F)(F)F)cc1)c1nc(-c2ccc([N+](=O)[O-])cc2)no1. The molecule has 0 aliphatic carbocycles. The van der Waals surface area contributed by atoms with Crippen LogP contribution in [0.2, 0.25) is 0 Å². The number of non-ortho nitro benzene ring substituents is 1. The number of halogens is 3. The third-order valence-corrected chi connectivity index (χ3v) is 3.97. The normalized spacial score (nSPS) is 12.4. The van der Waals surface area contributed by atoms with Crippen LogP contribution >= 0.6 is 0 Å². The van der Waals surface area contributed by atoms with Crippen molar-refractivity contribution in [2.75, 3.05) is 0 Å². The first-order valence-electron chi connectivity index (χ1n) is 8.21. The highest BCUT2D eigenvalue weighted by Crippen LogP contribution is 2.29. The zero-order valence-electron chi connectivity index (χ0n) is 14.8. The summed E-state index contributed by atoms with van der Waals surface area (Å²) in [5.41, 5.74) is -0.423. The van der Waals surface area contributed by atoms with Gasteiger partial charge in [-0.15, -0.1) is 0 Å². The maximum atomic E-state index is 12.6. The Morgan fingerprint density at radius 1 is 1.14 bits per heavy atom. The Balaban J connectivity index is 1.69.